The molecule has 21 heteroatoms. The predicted octanol–water partition coefficient (Wildman–Crippen LogP) is -9.75. The van der Waals surface area contributed by atoms with Gasteiger partial charge in [0.1, 0.15) is 98.2 Å². The van der Waals surface area contributed by atoms with Crippen LogP contribution in [0.15, 0.2) is 0 Å². The summed E-state index contributed by atoms with van der Waals surface area (Å²) in [7, 11) is 0. The van der Waals surface area contributed by atoms with E-state index in [-0.39, 0.29) is 0 Å². The van der Waals surface area contributed by atoms with Crippen molar-refractivity contribution < 1.29 is 105 Å². The van der Waals surface area contributed by atoms with Gasteiger partial charge in [-0.05, 0) is 0 Å². The van der Waals surface area contributed by atoms with Crippen LogP contribution >= 0.6 is 0 Å². The van der Waals surface area contributed by atoms with E-state index in [2.05, 4.69) is 0 Å². The van der Waals surface area contributed by atoms with Crippen molar-refractivity contribution in [1.29, 1.82) is 0 Å². The number of hydrogen-bond donors (Lipinski definition) is 14. The molecule has 0 aromatic carbocycles. The average Bonchev–Trinajstić information content (AvgIpc) is 3.26. The van der Waals surface area contributed by atoms with Gasteiger partial charge in [0.25, 0.3) is 0 Å². The van der Waals surface area contributed by atoms with Crippen LogP contribution in [0.1, 0.15) is 0 Å². The molecule has 4 aliphatic heterocycles. The Morgan fingerprint density at radius 2 is 1.00 bits per heavy atom. The minimum atomic E-state index is -2.58. The van der Waals surface area contributed by atoms with Gasteiger partial charge >= 0.3 is 0 Å². The molecule has 0 amide bonds. The molecular formula is C24H42O21. The lowest BCUT2D eigenvalue weighted by Gasteiger charge is -2.45. The molecule has 4 rings (SSSR count). The zero-order valence-corrected chi connectivity index (χ0v) is 23.5. The third kappa shape index (κ3) is 7.29. The van der Waals surface area contributed by atoms with E-state index < -0.39 is 149 Å². The SMILES string of the molecule is OCC1OC(OCC2OC(OC3(COC4C(O)OC(CO)C(O)C4O)OC(CO)C(O)C3O)C(O)C(O)C2O)C(O)C(O)C1O. The lowest BCUT2D eigenvalue weighted by molar-refractivity contribution is -0.396. The Bertz CT molecular complexity index is 931. The summed E-state index contributed by atoms with van der Waals surface area (Å²) in [5.74, 6) is -2.58. The quantitative estimate of drug-likeness (QED) is 0.0973. The zero-order valence-electron chi connectivity index (χ0n) is 23.5. The first-order valence-electron chi connectivity index (χ1n) is 14.1. The Balaban J connectivity index is 1.50. The molecule has 0 radical (unpaired) electrons. The van der Waals surface area contributed by atoms with Gasteiger partial charge in [-0.15, -0.1) is 0 Å². The molecule has 4 heterocycles. The van der Waals surface area contributed by atoms with Crippen LogP contribution in [-0.2, 0) is 33.2 Å². The highest BCUT2D eigenvalue weighted by Gasteiger charge is 2.60. The van der Waals surface area contributed by atoms with Gasteiger partial charge in [-0.2, -0.15) is 0 Å². The highest BCUT2D eigenvalue weighted by molar-refractivity contribution is 5.00. The van der Waals surface area contributed by atoms with Crippen molar-refractivity contribution in [2.24, 2.45) is 0 Å². The smallest absolute Gasteiger partial charge is 0.224 e. The molecule has 0 aromatic heterocycles. The predicted molar refractivity (Wildman–Crippen MR) is 134 cm³/mol. The van der Waals surface area contributed by atoms with Gasteiger partial charge in [0, 0.05) is 0 Å². The first-order valence-corrected chi connectivity index (χ1v) is 14.1. The van der Waals surface area contributed by atoms with Crippen molar-refractivity contribution in [2.75, 3.05) is 33.0 Å². The second kappa shape index (κ2) is 15.1. The molecule has 0 spiro atoms. The third-order valence-electron chi connectivity index (χ3n) is 8.26. The van der Waals surface area contributed by atoms with Gasteiger partial charge in [-0.25, -0.2) is 0 Å². The van der Waals surface area contributed by atoms with Crippen LogP contribution in [0.25, 0.3) is 0 Å². The fraction of sp³-hybridized carbons (Fsp3) is 1.00. The van der Waals surface area contributed by atoms with Crippen molar-refractivity contribution >= 4 is 0 Å². The molecule has 4 fully saturated rings. The third-order valence-corrected chi connectivity index (χ3v) is 8.26. The highest BCUT2D eigenvalue weighted by Crippen LogP contribution is 2.38. The van der Waals surface area contributed by atoms with E-state index in [0.29, 0.717) is 0 Å². The van der Waals surface area contributed by atoms with E-state index >= 15 is 0 Å². The first-order chi connectivity index (χ1) is 21.2. The van der Waals surface area contributed by atoms with Gasteiger partial charge in [0.15, 0.2) is 18.9 Å². The Labute approximate surface area is 254 Å². The highest BCUT2D eigenvalue weighted by atomic mass is 16.8. The summed E-state index contributed by atoms with van der Waals surface area (Å²) in [6.45, 7) is -4.15. The normalized spacial score (nSPS) is 52.7. The van der Waals surface area contributed by atoms with Crippen LogP contribution in [0.5, 0.6) is 0 Å². The molecule has 4 aliphatic rings. The van der Waals surface area contributed by atoms with E-state index in [1.807, 2.05) is 0 Å². The molecule has 0 aliphatic carbocycles. The standard InChI is InChI=1S/C24H42O21/c25-1-6-11(29)16(34)19(21(38)41-6)40-5-24(20(37)13(31)8(3-27)44-24)45-23-18(36)15(33)12(30)9(43-23)4-39-22-17(35)14(32)10(28)7(2-26)42-22/h6-23,25-38H,1-5H2. The zero-order chi connectivity index (χ0) is 33.4. The summed E-state index contributed by atoms with van der Waals surface area (Å²) in [5, 5.41) is 142. The fourth-order valence-electron chi connectivity index (χ4n) is 5.46. The summed E-state index contributed by atoms with van der Waals surface area (Å²) in [6.07, 6.45) is -32.1. The topological polar surface area (TPSA) is 348 Å². The number of ether oxygens (including phenoxy) is 7. The van der Waals surface area contributed by atoms with Gasteiger partial charge in [-0.1, -0.05) is 0 Å². The molecule has 0 saturated carbocycles. The van der Waals surface area contributed by atoms with Gasteiger partial charge in [-0.3, -0.25) is 0 Å². The molecule has 4 saturated heterocycles. The number of hydrogen-bond acceptors (Lipinski definition) is 21. The van der Waals surface area contributed by atoms with E-state index in [1.54, 1.807) is 0 Å². The second-order valence-corrected chi connectivity index (χ2v) is 11.3. The molecule has 19 unspecified atom stereocenters. The van der Waals surface area contributed by atoms with E-state index in [9.17, 15) is 71.5 Å². The minimum absolute atomic E-state index is 0.732. The van der Waals surface area contributed by atoms with Gasteiger partial charge in [0.05, 0.1) is 26.4 Å². The summed E-state index contributed by atoms with van der Waals surface area (Å²) in [4.78, 5) is 0. The maximum absolute atomic E-state index is 10.9. The maximum atomic E-state index is 10.9. The molecule has 21 nitrogen and oxygen atoms in total. The van der Waals surface area contributed by atoms with Crippen molar-refractivity contribution in [3.8, 4) is 0 Å². The van der Waals surface area contributed by atoms with Crippen molar-refractivity contribution in [3.05, 3.63) is 0 Å². The first kappa shape index (κ1) is 37.0. The largest absolute Gasteiger partial charge is 0.394 e. The Morgan fingerprint density at radius 3 is 1.58 bits per heavy atom. The molecular weight excluding hydrogens is 624 g/mol. The van der Waals surface area contributed by atoms with Crippen LogP contribution in [0.2, 0.25) is 0 Å². The van der Waals surface area contributed by atoms with E-state index in [4.69, 9.17) is 33.2 Å². The van der Waals surface area contributed by atoms with Crippen LogP contribution in [0.3, 0.4) is 0 Å². The van der Waals surface area contributed by atoms with Gasteiger partial charge < -0.3 is 105 Å². The second-order valence-electron chi connectivity index (χ2n) is 11.3. The fourth-order valence-corrected chi connectivity index (χ4v) is 5.46. The lowest BCUT2D eigenvalue weighted by Crippen LogP contribution is -2.64. The van der Waals surface area contributed by atoms with Gasteiger partial charge in [0.2, 0.25) is 5.79 Å². The Morgan fingerprint density at radius 1 is 0.489 bits per heavy atom. The van der Waals surface area contributed by atoms with Crippen molar-refractivity contribution in [1.82, 2.24) is 0 Å². The monoisotopic (exact) mass is 666 g/mol. The molecule has 264 valence electrons. The molecule has 0 aromatic rings. The summed E-state index contributed by atoms with van der Waals surface area (Å²) in [5.41, 5.74) is 0. The number of aliphatic hydroxyl groups excluding tert-OH is 14. The molecule has 14 N–H and O–H groups in total. The number of aliphatic hydroxyl groups is 14. The van der Waals surface area contributed by atoms with Crippen molar-refractivity contribution in [3.63, 3.8) is 0 Å². The summed E-state index contributed by atoms with van der Waals surface area (Å²) < 4.78 is 37.8. The van der Waals surface area contributed by atoms with E-state index in [0.717, 1.165) is 0 Å². The van der Waals surface area contributed by atoms with E-state index in [1.165, 1.54) is 0 Å². The Kier molecular flexibility index (Phi) is 12.5. The molecule has 0 bridgehead atoms. The maximum Gasteiger partial charge on any atom is 0.224 e. The van der Waals surface area contributed by atoms with Crippen LogP contribution < -0.4 is 0 Å². The summed E-state index contributed by atoms with van der Waals surface area (Å²) >= 11 is 0. The Hall–Kier alpha value is -0.840. The number of rotatable bonds is 11. The van der Waals surface area contributed by atoms with Crippen LogP contribution in [0.4, 0.5) is 0 Å². The minimum Gasteiger partial charge on any atom is -0.394 e. The molecule has 45 heavy (non-hydrogen) atoms. The summed E-state index contributed by atoms with van der Waals surface area (Å²) in [6, 6.07) is 0. The average molecular weight is 667 g/mol. The van der Waals surface area contributed by atoms with Crippen LogP contribution in [0, 0.1) is 0 Å². The van der Waals surface area contributed by atoms with Crippen LogP contribution in [-0.4, -0.2) is 221 Å². The molecule has 19 atom stereocenters. The van der Waals surface area contributed by atoms with Crippen molar-refractivity contribution in [2.45, 2.75) is 116 Å². The lowest BCUT2D eigenvalue weighted by atomic mass is 9.98.